The van der Waals surface area contributed by atoms with Crippen molar-refractivity contribution in [3.8, 4) is 0 Å². The lowest BCUT2D eigenvalue weighted by Gasteiger charge is -2.05. The molecule has 0 aliphatic carbocycles. The number of nitrogen functional groups attached to an aromatic ring is 1. The molecule has 108 valence electrons. The quantitative estimate of drug-likeness (QED) is 0.513. The highest BCUT2D eigenvalue weighted by molar-refractivity contribution is 7.90. The number of anilines is 1. The second-order valence-corrected chi connectivity index (χ2v) is 5.65. The Morgan fingerprint density at radius 3 is 2.90 bits per heavy atom. The number of hydrogen-bond acceptors (Lipinski definition) is 6. The third-order valence-electron chi connectivity index (χ3n) is 2.93. The van der Waals surface area contributed by atoms with Gasteiger partial charge in [-0.2, -0.15) is 9.97 Å². The van der Waals surface area contributed by atoms with Crippen molar-refractivity contribution in [1.29, 1.82) is 0 Å². The van der Waals surface area contributed by atoms with E-state index in [2.05, 4.69) is 19.9 Å². The summed E-state index contributed by atoms with van der Waals surface area (Å²) in [5.74, 6) is 0.0991. The molecule has 0 radical (unpaired) electrons. The van der Waals surface area contributed by atoms with Crippen LogP contribution in [0.25, 0.3) is 11.2 Å². The van der Waals surface area contributed by atoms with Crippen LogP contribution >= 0.6 is 0 Å². The summed E-state index contributed by atoms with van der Waals surface area (Å²) in [4.78, 5) is 26.9. The Morgan fingerprint density at radius 2 is 2.24 bits per heavy atom. The smallest absolute Gasteiger partial charge is 0.346 e. The summed E-state index contributed by atoms with van der Waals surface area (Å²) in [6.07, 6.45) is 3.10. The van der Waals surface area contributed by atoms with Crippen molar-refractivity contribution in [3.63, 3.8) is 0 Å². The molecule has 0 spiro atoms. The van der Waals surface area contributed by atoms with Gasteiger partial charge in [-0.3, -0.25) is 9.55 Å². The minimum atomic E-state index is -1.39. The van der Waals surface area contributed by atoms with Gasteiger partial charge in [0.2, 0.25) is 0 Å². The number of aromatic nitrogens is 5. The fourth-order valence-corrected chi connectivity index (χ4v) is 2.40. The minimum absolute atomic E-state index is 0.0915. The summed E-state index contributed by atoms with van der Waals surface area (Å²) in [5, 5.41) is 0.0915. The van der Waals surface area contributed by atoms with E-state index in [0.29, 0.717) is 16.9 Å². The van der Waals surface area contributed by atoms with E-state index >= 15 is 0 Å². The van der Waals surface area contributed by atoms with Crippen LogP contribution in [0, 0.1) is 0 Å². The van der Waals surface area contributed by atoms with Gasteiger partial charge in [-0.15, -0.1) is 0 Å². The standard InChI is InChI=1S/C12H12N6O2S/c1-21(20)11-16-9(13)8-10(17-11)18(12(19)15-8)6-7-4-2-3-5-14-7/h2-5H,6H2,1H3,(H,15,19)(H2,13,16,17). The summed E-state index contributed by atoms with van der Waals surface area (Å²) in [7, 11) is 0. The fourth-order valence-electron chi connectivity index (χ4n) is 1.96. The molecule has 0 saturated carbocycles. The molecule has 0 saturated heterocycles. The first-order chi connectivity index (χ1) is 10.1. The number of H-pyrrole nitrogens is 1. The lowest BCUT2D eigenvalue weighted by atomic mass is 10.3. The monoisotopic (exact) mass is 304 g/mol. The highest BCUT2D eigenvalue weighted by Crippen LogP contribution is 2.16. The maximum Gasteiger partial charge on any atom is 0.346 e. The van der Waals surface area contributed by atoms with Crippen LogP contribution in [0.4, 0.5) is 5.82 Å². The number of aromatic amines is 1. The molecule has 0 bridgehead atoms. The number of nitrogens with zero attached hydrogens (tertiary/aromatic N) is 4. The van der Waals surface area contributed by atoms with E-state index in [1.807, 2.05) is 6.07 Å². The van der Waals surface area contributed by atoms with E-state index in [1.165, 1.54) is 10.8 Å². The van der Waals surface area contributed by atoms with E-state index in [-0.39, 0.29) is 23.2 Å². The third-order valence-corrected chi connectivity index (χ3v) is 3.63. The molecule has 9 heteroatoms. The second-order valence-electron chi connectivity index (χ2n) is 4.38. The van der Waals surface area contributed by atoms with Gasteiger partial charge in [0.05, 0.1) is 12.2 Å². The molecule has 1 unspecified atom stereocenters. The predicted molar refractivity (Wildman–Crippen MR) is 78.2 cm³/mol. The third kappa shape index (κ3) is 2.48. The molecule has 8 nitrogen and oxygen atoms in total. The number of fused-ring (bicyclic) bond motifs is 1. The van der Waals surface area contributed by atoms with Gasteiger partial charge in [0.1, 0.15) is 11.8 Å². The summed E-state index contributed by atoms with van der Waals surface area (Å²) in [5.41, 5.74) is 6.79. The van der Waals surface area contributed by atoms with E-state index in [9.17, 15) is 9.35 Å². The first-order valence-electron chi connectivity index (χ1n) is 6.05. The van der Waals surface area contributed by atoms with Crippen molar-refractivity contribution in [3.05, 3.63) is 40.6 Å². The molecule has 3 rings (SSSR count). The molecule has 0 fully saturated rings. The first kappa shape index (κ1) is 13.6. The molecule has 0 aliphatic heterocycles. The summed E-state index contributed by atoms with van der Waals surface area (Å²) >= 11 is -1.39. The van der Waals surface area contributed by atoms with Gasteiger partial charge in [0.15, 0.2) is 11.5 Å². The van der Waals surface area contributed by atoms with E-state index in [0.717, 1.165) is 0 Å². The molecule has 0 amide bonds. The number of nitrogens with one attached hydrogen (secondary N) is 1. The number of nitrogens with two attached hydrogens (primary N) is 1. The van der Waals surface area contributed by atoms with Gasteiger partial charge >= 0.3 is 10.8 Å². The van der Waals surface area contributed by atoms with Crippen LogP contribution < -0.4 is 11.4 Å². The van der Waals surface area contributed by atoms with E-state index in [1.54, 1.807) is 18.3 Å². The van der Waals surface area contributed by atoms with Gasteiger partial charge in [-0.25, -0.2) is 4.79 Å². The Labute approximate surface area is 122 Å². The van der Waals surface area contributed by atoms with Crippen molar-refractivity contribution in [1.82, 2.24) is 24.5 Å². The zero-order valence-corrected chi connectivity index (χ0v) is 11.9. The Bertz CT molecular complexity index is 842. The van der Waals surface area contributed by atoms with Crippen molar-refractivity contribution in [2.45, 2.75) is 11.7 Å². The van der Waals surface area contributed by atoms with Gasteiger partial charge in [-0.05, 0) is 12.1 Å². The summed E-state index contributed by atoms with van der Waals surface area (Å²) in [6, 6.07) is 5.42. The van der Waals surface area contributed by atoms with Gasteiger partial charge in [0, 0.05) is 17.4 Å². The normalized spacial score (nSPS) is 12.7. The molecule has 1 atom stereocenters. The average Bonchev–Trinajstić information content (AvgIpc) is 2.77. The topological polar surface area (TPSA) is 126 Å². The molecule has 0 aliphatic rings. The molecule has 3 aromatic rings. The zero-order valence-electron chi connectivity index (χ0n) is 11.1. The zero-order chi connectivity index (χ0) is 15.0. The lowest BCUT2D eigenvalue weighted by molar-refractivity contribution is 0.592. The van der Waals surface area contributed by atoms with Crippen LogP contribution in [0.15, 0.2) is 34.3 Å². The number of hydrogen-bond donors (Lipinski definition) is 2. The van der Waals surface area contributed by atoms with Crippen molar-refractivity contribution in [2.24, 2.45) is 0 Å². The highest BCUT2D eigenvalue weighted by atomic mass is 32.2. The van der Waals surface area contributed by atoms with Crippen molar-refractivity contribution < 1.29 is 4.55 Å². The molecule has 0 aromatic carbocycles. The number of imidazole rings is 1. The van der Waals surface area contributed by atoms with Crippen LogP contribution in [0.1, 0.15) is 5.69 Å². The van der Waals surface area contributed by atoms with Crippen LogP contribution in [0.2, 0.25) is 0 Å². The Balaban J connectivity index is 2.18. The maximum absolute atomic E-state index is 12.1. The van der Waals surface area contributed by atoms with E-state index < -0.39 is 11.2 Å². The maximum atomic E-state index is 12.1. The van der Waals surface area contributed by atoms with Crippen molar-refractivity contribution in [2.75, 3.05) is 12.0 Å². The summed E-state index contributed by atoms with van der Waals surface area (Å²) in [6.45, 7) is 0.242. The Kier molecular flexibility index (Phi) is 3.35. The highest BCUT2D eigenvalue weighted by Gasteiger charge is 2.18. The molecule has 3 aromatic heterocycles. The number of rotatable bonds is 3. The van der Waals surface area contributed by atoms with Crippen LogP contribution in [-0.4, -0.2) is 35.3 Å². The minimum Gasteiger partial charge on any atom is -0.609 e. The first-order valence-corrected chi connectivity index (χ1v) is 7.61. The largest absolute Gasteiger partial charge is 0.609 e. The number of pyridine rings is 1. The SMILES string of the molecule is C[S+]([O-])c1nc(N)c2[nH]c(=O)n(Cc3ccccn3)c2n1. The Hall–Kier alpha value is -2.39. The molecular weight excluding hydrogens is 292 g/mol. The van der Waals surface area contributed by atoms with Crippen molar-refractivity contribution >= 4 is 28.2 Å². The molecule has 3 heterocycles. The Morgan fingerprint density at radius 1 is 1.43 bits per heavy atom. The molecule has 21 heavy (non-hydrogen) atoms. The fraction of sp³-hybridized carbons (Fsp3) is 0.167. The van der Waals surface area contributed by atoms with Crippen LogP contribution in [-0.2, 0) is 17.7 Å². The molecule has 3 N–H and O–H groups in total. The van der Waals surface area contributed by atoms with Crippen LogP contribution in [0.3, 0.4) is 0 Å². The average molecular weight is 304 g/mol. The molecular formula is C12H12N6O2S. The van der Waals surface area contributed by atoms with Gasteiger partial charge in [-0.1, -0.05) is 6.07 Å². The lowest BCUT2D eigenvalue weighted by Crippen LogP contribution is -2.18. The van der Waals surface area contributed by atoms with E-state index in [4.69, 9.17) is 5.73 Å². The second kappa shape index (κ2) is 5.19. The summed E-state index contributed by atoms with van der Waals surface area (Å²) < 4.78 is 12.9. The van der Waals surface area contributed by atoms with Crippen LogP contribution in [0.5, 0.6) is 0 Å². The van der Waals surface area contributed by atoms with Gasteiger partial charge in [0.25, 0.3) is 0 Å². The van der Waals surface area contributed by atoms with Gasteiger partial charge < -0.3 is 15.3 Å². The predicted octanol–water partition coefficient (Wildman–Crippen LogP) is -0.118.